The minimum absolute atomic E-state index is 0.0282. The number of nitriles is 1. The van der Waals surface area contributed by atoms with Crippen molar-refractivity contribution in [2.24, 2.45) is 0 Å². The van der Waals surface area contributed by atoms with E-state index in [1.54, 1.807) is 36.8 Å². The second-order valence-electron chi connectivity index (χ2n) is 17.1. The molecule has 0 radical (unpaired) electrons. The largest absolute Gasteiger partial charge is 0.530 e. The molecule has 0 aliphatic carbocycles. The van der Waals surface area contributed by atoms with E-state index in [0.717, 1.165) is 24.8 Å². The molecule has 1 fully saturated rings. The zero-order valence-corrected chi connectivity index (χ0v) is 39.7. The number of anilines is 1. The Morgan fingerprint density at radius 3 is 2.09 bits per heavy atom. The summed E-state index contributed by atoms with van der Waals surface area (Å²) in [7, 11) is -4.62. The van der Waals surface area contributed by atoms with E-state index in [2.05, 4.69) is 17.0 Å². The number of unbranched alkanes of at least 4 members (excludes halogenated alkanes) is 15. The molecule has 2 aromatic heterocycles. The van der Waals surface area contributed by atoms with Gasteiger partial charge in [-0.15, -0.1) is 0 Å². The lowest BCUT2D eigenvalue weighted by molar-refractivity contribution is -0.384. The van der Waals surface area contributed by atoms with Crippen LogP contribution in [0, 0.1) is 21.6 Å². The zero-order chi connectivity index (χ0) is 47.0. The van der Waals surface area contributed by atoms with Crippen LogP contribution in [0.1, 0.15) is 141 Å². The van der Waals surface area contributed by atoms with Gasteiger partial charge in [-0.2, -0.15) is 10.4 Å². The van der Waals surface area contributed by atoms with Crippen molar-refractivity contribution in [3.05, 3.63) is 94.4 Å². The van der Waals surface area contributed by atoms with E-state index in [-0.39, 0.29) is 37.1 Å². The van der Waals surface area contributed by atoms with Gasteiger partial charge in [-0.25, -0.2) is 14.1 Å². The van der Waals surface area contributed by atoms with Crippen LogP contribution in [0.2, 0.25) is 0 Å². The van der Waals surface area contributed by atoms with E-state index < -0.39 is 49.6 Å². The highest BCUT2D eigenvalue weighted by Crippen LogP contribution is 2.51. The summed E-state index contributed by atoms with van der Waals surface area (Å²) >= 11 is 0. The predicted molar refractivity (Wildman–Crippen MR) is 249 cm³/mol. The van der Waals surface area contributed by atoms with Crippen LogP contribution in [-0.4, -0.2) is 70.0 Å². The molecule has 0 bridgehead atoms. The van der Waals surface area contributed by atoms with Gasteiger partial charge in [-0.3, -0.25) is 19.2 Å². The van der Waals surface area contributed by atoms with E-state index in [9.17, 15) is 19.9 Å². The Morgan fingerprint density at radius 2 is 1.47 bits per heavy atom. The average molecular weight is 937 g/mol. The van der Waals surface area contributed by atoms with Crippen LogP contribution in [0.3, 0.4) is 0 Å². The number of non-ortho nitro benzene ring substituents is 1. The van der Waals surface area contributed by atoms with Crippen molar-refractivity contribution >= 4 is 24.8 Å². The number of hydrogen-bond donors (Lipinski definition) is 1. The number of benzene rings is 2. The van der Waals surface area contributed by atoms with Gasteiger partial charge in [0, 0.05) is 18.7 Å². The molecule has 18 heteroatoms. The number of phosphoric acid groups is 1. The Bertz CT molecular complexity index is 2100. The fourth-order valence-corrected chi connectivity index (χ4v) is 9.07. The van der Waals surface area contributed by atoms with E-state index >= 15 is 0 Å². The van der Waals surface area contributed by atoms with Crippen molar-refractivity contribution in [3.8, 4) is 12.0 Å². The third-order valence-electron chi connectivity index (χ3n) is 11.4. The van der Waals surface area contributed by atoms with Crippen molar-refractivity contribution < 1.29 is 46.7 Å². The first-order valence-corrected chi connectivity index (χ1v) is 25.0. The van der Waals surface area contributed by atoms with Gasteiger partial charge in [0.2, 0.25) is 0 Å². The topological polar surface area (TPSA) is 214 Å². The minimum Gasteiger partial charge on any atom is -0.419 e. The molecule has 1 saturated heterocycles. The first kappa shape index (κ1) is 52.3. The summed E-state index contributed by atoms with van der Waals surface area (Å²) in [5.74, 6) is -0.933. The van der Waals surface area contributed by atoms with Crippen LogP contribution in [0.4, 0.5) is 11.5 Å². The summed E-state index contributed by atoms with van der Waals surface area (Å²) in [6.45, 7) is 5.72. The molecule has 3 heterocycles. The van der Waals surface area contributed by atoms with Gasteiger partial charge in [0.1, 0.15) is 42.5 Å². The third-order valence-corrected chi connectivity index (χ3v) is 12.7. The van der Waals surface area contributed by atoms with Gasteiger partial charge in [-0.05, 0) is 50.1 Å². The Hall–Kier alpha value is -4.66. The Kier molecular flexibility index (Phi) is 22.1. The van der Waals surface area contributed by atoms with Crippen LogP contribution in [-0.2, 0) is 43.9 Å². The summed E-state index contributed by atoms with van der Waals surface area (Å²) in [4.78, 5) is 14.9. The number of fused-ring (bicyclic) bond motifs is 1. The Labute approximate surface area is 389 Å². The first-order valence-electron chi connectivity index (χ1n) is 23.6. The fraction of sp³-hybridized carbons (Fsp3) is 0.604. The maximum Gasteiger partial charge on any atom is 0.530 e. The van der Waals surface area contributed by atoms with E-state index in [1.165, 1.54) is 114 Å². The molecule has 1 aliphatic heterocycles. The van der Waals surface area contributed by atoms with Gasteiger partial charge < -0.3 is 33.9 Å². The molecule has 362 valence electrons. The molecular weight excluding hydrogens is 868 g/mol. The summed E-state index contributed by atoms with van der Waals surface area (Å²) < 4.78 is 64.3. The second kappa shape index (κ2) is 27.9. The van der Waals surface area contributed by atoms with Crippen LogP contribution < -0.4 is 10.3 Å². The number of nitro groups is 1. The molecule has 1 unspecified atom stereocenters. The molecule has 0 saturated carbocycles. The number of ether oxygens (including phenoxy) is 5. The van der Waals surface area contributed by atoms with E-state index in [1.807, 2.05) is 30.3 Å². The summed E-state index contributed by atoms with van der Waals surface area (Å²) in [6, 6.07) is 18.0. The van der Waals surface area contributed by atoms with Gasteiger partial charge in [0.15, 0.2) is 17.7 Å². The lowest BCUT2D eigenvalue weighted by atomic mass is 10.0. The monoisotopic (exact) mass is 936 g/mol. The molecule has 1 aliphatic rings. The lowest BCUT2D eigenvalue weighted by Crippen LogP contribution is -2.37. The maximum atomic E-state index is 14.7. The highest BCUT2D eigenvalue weighted by molar-refractivity contribution is 7.48. The van der Waals surface area contributed by atoms with Crippen molar-refractivity contribution in [1.82, 2.24) is 14.6 Å². The van der Waals surface area contributed by atoms with Crippen molar-refractivity contribution in [2.75, 3.05) is 32.2 Å². The SMILES string of the molecule is CCCCCCCCCCCCCCCCCCOC[C@@H](COP(=O)(OC[C@@H](OC#N)[C@H]1OC(C)(C)O[C@H]1c1ccc2c(N)ncnn12)Oc1ccc([N+](=O)[O-])cc1)OCc1ccccc1. The smallest absolute Gasteiger partial charge is 0.419 e. The predicted octanol–water partition coefficient (Wildman–Crippen LogP) is 11.4. The van der Waals surface area contributed by atoms with Crippen LogP contribution >= 0.6 is 7.82 Å². The van der Waals surface area contributed by atoms with E-state index in [0.29, 0.717) is 17.8 Å². The maximum absolute atomic E-state index is 14.7. The van der Waals surface area contributed by atoms with Crippen LogP contribution in [0.5, 0.6) is 5.75 Å². The quantitative estimate of drug-likeness (QED) is 0.0152. The van der Waals surface area contributed by atoms with Crippen molar-refractivity contribution in [2.45, 2.75) is 160 Å². The molecule has 0 spiro atoms. The molecular formula is C48H69N6O11P. The normalized spacial score (nSPS) is 17.5. The Morgan fingerprint density at radius 1 is 0.848 bits per heavy atom. The highest BCUT2D eigenvalue weighted by Gasteiger charge is 2.49. The average Bonchev–Trinajstić information content (AvgIpc) is 3.89. The molecule has 0 amide bonds. The van der Waals surface area contributed by atoms with Gasteiger partial charge in [0.25, 0.3) is 11.9 Å². The number of hydrogen-bond acceptors (Lipinski definition) is 15. The third kappa shape index (κ3) is 17.5. The summed E-state index contributed by atoms with van der Waals surface area (Å²) in [6.07, 6.45) is 19.7. The number of nitrogens with two attached hydrogens (primary N) is 1. The van der Waals surface area contributed by atoms with E-state index in [4.69, 9.17) is 43.0 Å². The van der Waals surface area contributed by atoms with Gasteiger partial charge >= 0.3 is 7.82 Å². The van der Waals surface area contributed by atoms with Crippen LogP contribution in [0.25, 0.3) is 5.52 Å². The number of nitro benzene ring substituents is 1. The molecule has 66 heavy (non-hydrogen) atoms. The molecule has 2 aromatic carbocycles. The Balaban J connectivity index is 1.18. The van der Waals surface area contributed by atoms with Crippen LogP contribution in [0.15, 0.2) is 73.1 Å². The minimum atomic E-state index is -4.62. The second-order valence-corrected chi connectivity index (χ2v) is 18.7. The standard InChI is InChI=1S/C48H69N6O11P/c1-4-5-6-7-8-9-10-11-12-13-14-15-16-17-18-22-31-58-33-41(59-32-38-23-20-19-21-24-38)34-61-66(57,65-40-27-25-39(26-28-40)54(55)56)62-35-44(60-36-49)46-45(63-48(2,3)64-46)42-29-30-43-47(50)51-37-52-53(42)43/h19-21,23-30,37,41,44-46H,4-18,22,31-35H2,1-3H3,(H2,50,51,52)/t41-,44+,45-,46+,66?/m0/s1. The zero-order valence-electron chi connectivity index (χ0n) is 38.8. The lowest BCUT2D eigenvalue weighted by Gasteiger charge is -2.27. The number of phosphoric ester groups is 1. The fourth-order valence-electron chi connectivity index (χ4n) is 7.83. The highest BCUT2D eigenvalue weighted by atomic mass is 31.2. The first-order chi connectivity index (χ1) is 32.0. The van der Waals surface area contributed by atoms with Gasteiger partial charge in [-0.1, -0.05) is 134 Å². The molecule has 5 atom stereocenters. The molecule has 4 aromatic rings. The van der Waals surface area contributed by atoms with Gasteiger partial charge in [0.05, 0.1) is 30.4 Å². The van der Waals surface area contributed by atoms with Crippen molar-refractivity contribution in [1.29, 1.82) is 5.26 Å². The molecule has 2 N–H and O–H groups in total. The summed E-state index contributed by atoms with van der Waals surface area (Å²) in [5, 5.41) is 25.5. The molecule has 5 rings (SSSR count). The summed E-state index contributed by atoms with van der Waals surface area (Å²) in [5.41, 5.74) is 7.87. The number of rotatable bonds is 34. The number of aromatic nitrogens is 3. The number of nitrogen functional groups attached to an aromatic ring is 1. The van der Waals surface area contributed by atoms with Crippen molar-refractivity contribution in [3.63, 3.8) is 0 Å². The number of nitrogens with zero attached hydrogens (tertiary/aromatic N) is 5. The molecule has 17 nitrogen and oxygen atoms in total.